The van der Waals surface area contributed by atoms with Crippen LogP contribution in [-0.4, -0.2) is 40.1 Å². The van der Waals surface area contributed by atoms with Gasteiger partial charge >= 0.3 is 6.01 Å². The molecule has 1 amide bonds. The van der Waals surface area contributed by atoms with Gasteiger partial charge in [-0.15, -0.1) is 5.10 Å². The molecule has 0 radical (unpaired) electrons. The Morgan fingerprint density at radius 2 is 1.76 bits per heavy atom. The molecule has 2 aromatic carbocycles. The number of nitrogens with zero attached hydrogens (tertiary/aromatic N) is 4. The molecule has 2 N–H and O–H groups in total. The highest BCUT2D eigenvalue weighted by molar-refractivity contribution is 6.19. The number of amides is 1. The van der Waals surface area contributed by atoms with E-state index in [4.69, 9.17) is 14.1 Å². The van der Waals surface area contributed by atoms with Crippen LogP contribution in [-0.2, 0) is 4.79 Å². The zero-order valence-electron chi connectivity index (χ0n) is 19.0. The van der Waals surface area contributed by atoms with E-state index in [1.807, 2.05) is 68.4 Å². The summed E-state index contributed by atoms with van der Waals surface area (Å²) in [5.74, 6) is 0.458. The normalized spacial score (nSPS) is 14.5. The van der Waals surface area contributed by atoms with E-state index in [9.17, 15) is 4.79 Å². The quantitative estimate of drug-likeness (QED) is 0.458. The Bertz CT molecular complexity index is 1300. The first-order valence-electron chi connectivity index (χ1n) is 10.9. The van der Waals surface area contributed by atoms with Crippen molar-refractivity contribution in [1.29, 1.82) is 0 Å². The average Bonchev–Trinajstić information content (AvgIpc) is 3.32. The van der Waals surface area contributed by atoms with Gasteiger partial charge in [0, 0.05) is 23.4 Å². The van der Waals surface area contributed by atoms with Crippen molar-refractivity contribution in [2.75, 3.05) is 17.7 Å². The van der Waals surface area contributed by atoms with Gasteiger partial charge in [0.05, 0.1) is 18.5 Å². The Balaban J connectivity index is 0.00000133. The van der Waals surface area contributed by atoms with Gasteiger partial charge in [-0.05, 0) is 12.1 Å². The minimum Gasteiger partial charge on any atom is -0.497 e. The van der Waals surface area contributed by atoms with Gasteiger partial charge in [0.2, 0.25) is 6.17 Å². The number of aromatic nitrogens is 3. The van der Waals surface area contributed by atoms with Crippen LogP contribution < -0.4 is 15.4 Å². The molecule has 0 saturated heterocycles. The summed E-state index contributed by atoms with van der Waals surface area (Å²) in [4.78, 5) is 21.8. The van der Waals surface area contributed by atoms with Crippen LogP contribution in [0.3, 0.4) is 0 Å². The average molecular weight is 457 g/mol. The van der Waals surface area contributed by atoms with Crippen molar-refractivity contribution >= 4 is 23.3 Å². The van der Waals surface area contributed by atoms with E-state index in [0.717, 1.165) is 11.1 Å². The summed E-state index contributed by atoms with van der Waals surface area (Å²) < 4.78 is 10.9. The number of rotatable bonds is 5. The number of nitrogens with one attached hydrogen (secondary N) is 2. The molecule has 4 aromatic rings. The number of carbonyl (C=O) groups is 1. The first kappa shape index (κ1) is 22.7. The molecule has 0 bridgehead atoms. The van der Waals surface area contributed by atoms with Crippen LogP contribution in [0.25, 0.3) is 11.6 Å². The zero-order valence-corrected chi connectivity index (χ0v) is 19.0. The molecule has 1 atom stereocenters. The maximum absolute atomic E-state index is 12.9. The highest BCUT2D eigenvalue weighted by atomic mass is 16.5. The number of pyridine rings is 1. The molecule has 0 fully saturated rings. The van der Waals surface area contributed by atoms with Gasteiger partial charge in [0.25, 0.3) is 11.8 Å². The topological polar surface area (TPSA) is 115 Å². The second kappa shape index (κ2) is 10.4. The second-order valence-electron chi connectivity index (χ2n) is 6.92. The second-order valence-corrected chi connectivity index (χ2v) is 6.92. The fraction of sp³-hybridized carbons (Fsp3) is 0.160. The number of aliphatic imine (C=N–C) groups is 1. The van der Waals surface area contributed by atoms with Crippen molar-refractivity contribution in [1.82, 2.24) is 15.2 Å². The number of benzene rings is 2. The molecule has 5 rings (SSSR count). The van der Waals surface area contributed by atoms with E-state index in [1.54, 1.807) is 25.4 Å². The fourth-order valence-electron chi connectivity index (χ4n) is 3.34. The molecule has 9 heteroatoms. The maximum Gasteiger partial charge on any atom is 0.317 e. The van der Waals surface area contributed by atoms with Crippen molar-refractivity contribution < 1.29 is 13.9 Å². The van der Waals surface area contributed by atoms with Crippen molar-refractivity contribution in [2.45, 2.75) is 20.0 Å². The van der Waals surface area contributed by atoms with Gasteiger partial charge in [-0.3, -0.25) is 9.78 Å². The minimum absolute atomic E-state index is 0.0480. The molecule has 9 nitrogen and oxygen atoms in total. The largest absolute Gasteiger partial charge is 0.497 e. The van der Waals surface area contributed by atoms with Crippen molar-refractivity contribution in [3.05, 3.63) is 84.1 Å². The lowest BCUT2D eigenvalue weighted by atomic mass is 10.0. The summed E-state index contributed by atoms with van der Waals surface area (Å²) in [5.41, 5.74) is 3.51. The Kier molecular flexibility index (Phi) is 6.92. The molecule has 1 unspecified atom stereocenters. The summed E-state index contributed by atoms with van der Waals surface area (Å²) in [5, 5.41) is 13.8. The highest BCUT2D eigenvalue weighted by Crippen LogP contribution is 2.26. The number of benzodiazepines with no additional fused rings is 1. The summed E-state index contributed by atoms with van der Waals surface area (Å²) in [6.07, 6.45) is 0.599. The minimum atomic E-state index is -0.982. The van der Waals surface area contributed by atoms with Crippen molar-refractivity contribution in [2.24, 2.45) is 4.99 Å². The van der Waals surface area contributed by atoms with Gasteiger partial charge in [-0.25, -0.2) is 4.99 Å². The number of fused-ring (bicyclic) bond motifs is 1. The van der Waals surface area contributed by atoms with Crippen LogP contribution in [0, 0.1) is 0 Å². The third-order valence-corrected chi connectivity index (χ3v) is 4.87. The molecule has 34 heavy (non-hydrogen) atoms. The van der Waals surface area contributed by atoms with Crippen LogP contribution in [0.15, 0.2) is 82.3 Å². The molecule has 0 aliphatic carbocycles. The summed E-state index contributed by atoms with van der Waals surface area (Å²) in [6, 6.07) is 20.6. The lowest BCUT2D eigenvalue weighted by Gasteiger charge is -2.11. The lowest BCUT2D eigenvalue weighted by molar-refractivity contribution is -0.116. The molecule has 1 aliphatic rings. The zero-order chi connectivity index (χ0) is 23.9. The van der Waals surface area contributed by atoms with Gasteiger partial charge < -0.3 is 19.8 Å². The number of carbonyl (C=O) groups excluding carboxylic acids is 1. The smallest absolute Gasteiger partial charge is 0.317 e. The number of hydrogen-bond donors (Lipinski definition) is 2. The predicted molar refractivity (Wildman–Crippen MR) is 130 cm³/mol. The van der Waals surface area contributed by atoms with E-state index >= 15 is 0 Å². The standard InChI is InChI=1S/C23H18N6O3.C2H6/c1-31-15-11-12-24-18(13-15)22-28-29-23(32-22)27-20-21(30)25-17-10-6-5-9-16(17)19(26-20)14-7-3-2-4-8-14;1-2/h2-13,20H,1H3,(H,25,30)(H,27,29);1-2H3. The number of para-hydroxylation sites is 1. The molecular weight excluding hydrogens is 432 g/mol. The Morgan fingerprint density at radius 1 is 1.00 bits per heavy atom. The molecule has 0 saturated carbocycles. The summed E-state index contributed by atoms with van der Waals surface area (Å²) in [6.45, 7) is 4.00. The van der Waals surface area contributed by atoms with Crippen LogP contribution in [0.1, 0.15) is 25.0 Å². The van der Waals surface area contributed by atoms with Gasteiger partial charge in [-0.2, -0.15) is 0 Å². The van der Waals surface area contributed by atoms with Crippen LogP contribution in [0.5, 0.6) is 5.75 Å². The van der Waals surface area contributed by atoms with E-state index in [2.05, 4.69) is 25.8 Å². The van der Waals surface area contributed by atoms with Crippen LogP contribution >= 0.6 is 0 Å². The number of methoxy groups -OCH3 is 1. The Labute approximate surface area is 196 Å². The van der Waals surface area contributed by atoms with E-state index in [0.29, 0.717) is 22.8 Å². The van der Waals surface area contributed by atoms with Gasteiger partial charge in [-0.1, -0.05) is 67.5 Å². The number of anilines is 2. The fourth-order valence-corrected chi connectivity index (χ4v) is 3.34. The molecule has 3 heterocycles. The molecule has 2 aromatic heterocycles. The Hall–Kier alpha value is -4.53. The van der Waals surface area contributed by atoms with E-state index in [-0.39, 0.29) is 17.8 Å². The summed E-state index contributed by atoms with van der Waals surface area (Å²) >= 11 is 0. The van der Waals surface area contributed by atoms with Gasteiger partial charge in [0.15, 0.2) is 0 Å². The molecule has 172 valence electrons. The van der Waals surface area contributed by atoms with Gasteiger partial charge in [0.1, 0.15) is 11.4 Å². The third kappa shape index (κ3) is 4.78. The maximum atomic E-state index is 12.9. The van der Waals surface area contributed by atoms with E-state index < -0.39 is 6.17 Å². The molecule has 1 aliphatic heterocycles. The monoisotopic (exact) mass is 456 g/mol. The van der Waals surface area contributed by atoms with Crippen molar-refractivity contribution in [3.63, 3.8) is 0 Å². The highest BCUT2D eigenvalue weighted by Gasteiger charge is 2.27. The number of ether oxygens (including phenoxy) is 1. The first-order valence-corrected chi connectivity index (χ1v) is 10.9. The van der Waals surface area contributed by atoms with Crippen LogP contribution in [0.2, 0.25) is 0 Å². The molecular formula is C25H24N6O3. The predicted octanol–water partition coefficient (Wildman–Crippen LogP) is 4.39. The van der Waals surface area contributed by atoms with Crippen LogP contribution in [0.4, 0.5) is 11.7 Å². The summed E-state index contributed by atoms with van der Waals surface area (Å²) in [7, 11) is 1.56. The van der Waals surface area contributed by atoms with Crippen molar-refractivity contribution in [3.8, 4) is 17.3 Å². The molecule has 0 spiro atoms. The number of hydrogen-bond acceptors (Lipinski definition) is 8. The lowest BCUT2D eigenvalue weighted by Crippen LogP contribution is -2.32. The first-order chi connectivity index (χ1) is 16.7. The third-order valence-electron chi connectivity index (χ3n) is 4.87. The SMILES string of the molecule is CC.COc1ccnc(-c2nnc(NC3N=C(c4ccccc4)c4ccccc4NC3=O)o2)c1. The Morgan fingerprint density at radius 3 is 2.56 bits per heavy atom. The van der Waals surface area contributed by atoms with E-state index in [1.165, 1.54) is 0 Å².